The molecule has 0 atom stereocenters. The first-order valence-corrected chi connectivity index (χ1v) is 9.63. The van der Waals surface area contributed by atoms with Crippen molar-refractivity contribution >= 4 is 29.0 Å². The molecule has 2 aromatic heterocycles. The van der Waals surface area contributed by atoms with Gasteiger partial charge in [0.15, 0.2) is 5.65 Å². The third-order valence-corrected chi connectivity index (χ3v) is 5.34. The molecule has 144 valence electrons. The second-order valence-electron chi connectivity index (χ2n) is 7.34. The average molecular weight is 378 g/mol. The minimum atomic E-state index is 0.0139. The van der Waals surface area contributed by atoms with Crippen molar-refractivity contribution in [1.82, 2.24) is 14.6 Å². The fourth-order valence-electron chi connectivity index (χ4n) is 3.60. The van der Waals surface area contributed by atoms with E-state index in [1.165, 1.54) is 0 Å². The third-order valence-electron chi connectivity index (χ3n) is 5.34. The summed E-state index contributed by atoms with van der Waals surface area (Å²) in [4.78, 5) is 21.0. The summed E-state index contributed by atoms with van der Waals surface area (Å²) in [7, 11) is 0. The summed E-state index contributed by atoms with van der Waals surface area (Å²) in [6.07, 6.45) is 1.91. The van der Waals surface area contributed by atoms with Crippen LogP contribution in [-0.4, -0.2) is 51.8 Å². The van der Waals surface area contributed by atoms with Gasteiger partial charge < -0.3 is 14.9 Å². The number of fused-ring (bicyclic) bond motifs is 1. The summed E-state index contributed by atoms with van der Waals surface area (Å²) >= 11 is 0. The molecule has 5 rings (SSSR count). The number of amides is 1. The van der Waals surface area contributed by atoms with Crippen molar-refractivity contribution in [2.24, 2.45) is 5.92 Å². The Hall–Kier alpha value is -3.29. The van der Waals surface area contributed by atoms with Crippen molar-refractivity contribution in [2.45, 2.75) is 12.8 Å². The van der Waals surface area contributed by atoms with E-state index in [9.17, 15) is 9.90 Å². The quantitative estimate of drug-likeness (QED) is 0.723. The Morgan fingerprint density at radius 3 is 2.43 bits per heavy atom. The summed E-state index contributed by atoms with van der Waals surface area (Å²) < 4.78 is 1.80. The molecule has 8 nitrogen and oxygen atoms in total. The Bertz CT molecular complexity index is 1000. The summed E-state index contributed by atoms with van der Waals surface area (Å²) in [5, 5.41) is 16.8. The van der Waals surface area contributed by atoms with Crippen molar-refractivity contribution in [2.75, 3.05) is 41.3 Å². The monoisotopic (exact) mass is 378 g/mol. The predicted octanol–water partition coefficient (Wildman–Crippen LogP) is 2.11. The van der Waals surface area contributed by atoms with Crippen molar-refractivity contribution in [3.63, 3.8) is 0 Å². The van der Waals surface area contributed by atoms with Gasteiger partial charge in [-0.2, -0.15) is 9.50 Å². The van der Waals surface area contributed by atoms with E-state index in [4.69, 9.17) is 0 Å². The van der Waals surface area contributed by atoms with Gasteiger partial charge in [0.25, 0.3) is 0 Å². The summed E-state index contributed by atoms with van der Waals surface area (Å²) in [5.74, 6) is 1.76. The molecule has 3 heterocycles. The highest BCUT2D eigenvalue weighted by atomic mass is 16.3. The summed E-state index contributed by atoms with van der Waals surface area (Å²) in [6.45, 7) is 3.45. The zero-order valence-corrected chi connectivity index (χ0v) is 15.5. The molecule has 1 amide bonds. The van der Waals surface area contributed by atoms with Crippen LogP contribution in [0.5, 0.6) is 5.75 Å². The standard InChI is InChI=1S/C20H22N6O2/c27-16-8-6-15(7-9-16)24-10-12-25(13-11-24)18-3-1-2-17-21-20(23-26(17)18)22-19(28)14-4-5-14/h1-3,6-9,14,27H,4-5,10-13H2,(H,22,23,28). The molecule has 1 aliphatic carbocycles. The molecule has 8 heteroatoms. The van der Waals surface area contributed by atoms with Crippen molar-refractivity contribution < 1.29 is 9.90 Å². The number of hydrogen-bond acceptors (Lipinski definition) is 6. The van der Waals surface area contributed by atoms with E-state index in [2.05, 4.69) is 25.2 Å². The van der Waals surface area contributed by atoms with Gasteiger partial charge in [0, 0.05) is 37.8 Å². The van der Waals surface area contributed by atoms with Crippen LogP contribution in [-0.2, 0) is 4.79 Å². The maximum Gasteiger partial charge on any atom is 0.249 e. The molecule has 1 saturated carbocycles. The molecule has 0 bridgehead atoms. The molecule has 0 spiro atoms. The van der Waals surface area contributed by atoms with E-state index in [1.807, 2.05) is 30.3 Å². The Morgan fingerprint density at radius 2 is 1.71 bits per heavy atom. The van der Waals surface area contributed by atoms with Crippen LogP contribution in [0.2, 0.25) is 0 Å². The number of rotatable bonds is 4. The number of carbonyl (C=O) groups excluding carboxylic acids is 1. The highest BCUT2D eigenvalue weighted by molar-refractivity contribution is 5.92. The predicted molar refractivity (Wildman–Crippen MR) is 107 cm³/mol. The van der Waals surface area contributed by atoms with Crippen LogP contribution >= 0.6 is 0 Å². The number of carbonyl (C=O) groups is 1. The van der Waals surface area contributed by atoms with E-state index in [-0.39, 0.29) is 17.6 Å². The molecule has 1 aromatic carbocycles. The minimum absolute atomic E-state index is 0.0139. The molecule has 2 fully saturated rings. The van der Waals surface area contributed by atoms with Gasteiger partial charge in [-0.1, -0.05) is 6.07 Å². The van der Waals surface area contributed by atoms with Crippen LogP contribution in [0.25, 0.3) is 5.65 Å². The maximum atomic E-state index is 12.0. The highest BCUT2D eigenvalue weighted by Crippen LogP contribution is 2.30. The number of anilines is 3. The zero-order valence-electron chi connectivity index (χ0n) is 15.5. The van der Waals surface area contributed by atoms with Crippen molar-refractivity contribution in [3.8, 4) is 5.75 Å². The Balaban J connectivity index is 1.32. The molecular weight excluding hydrogens is 356 g/mol. The lowest BCUT2D eigenvalue weighted by Crippen LogP contribution is -2.47. The molecule has 28 heavy (non-hydrogen) atoms. The van der Waals surface area contributed by atoms with Gasteiger partial charge in [-0.05, 0) is 49.2 Å². The molecule has 0 unspecified atom stereocenters. The number of piperazine rings is 1. The number of phenolic OH excluding ortho intramolecular Hbond substituents is 1. The number of nitrogens with zero attached hydrogens (tertiary/aromatic N) is 5. The molecule has 2 aliphatic rings. The molecule has 0 radical (unpaired) electrons. The van der Waals surface area contributed by atoms with Crippen LogP contribution < -0.4 is 15.1 Å². The first kappa shape index (κ1) is 16.9. The van der Waals surface area contributed by atoms with Crippen molar-refractivity contribution in [3.05, 3.63) is 42.5 Å². The van der Waals surface area contributed by atoms with Crippen molar-refractivity contribution in [1.29, 1.82) is 0 Å². The van der Waals surface area contributed by atoms with Gasteiger partial charge in [0.1, 0.15) is 11.6 Å². The van der Waals surface area contributed by atoms with E-state index in [0.29, 0.717) is 5.95 Å². The van der Waals surface area contributed by atoms with Gasteiger partial charge in [-0.15, -0.1) is 5.10 Å². The van der Waals surface area contributed by atoms with Gasteiger partial charge in [0.05, 0.1) is 0 Å². The van der Waals surface area contributed by atoms with Gasteiger partial charge in [-0.25, -0.2) is 0 Å². The van der Waals surface area contributed by atoms with Crippen LogP contribution in [0, 0.1) is 5.92 Å². The van der Waals surface area contributed by atoms with Crippen LogP contribution in [0.1, 0.15) is 12.8 Å². The average Bonchev–Trinajstić information content (AvgIpc) is 3.49. The number of aromatic nitrogens is 3. The van der Waals surface area contributed by atoms with Gasteiger partial charge in [0.2, 0.25) is 11.9 Å². The lowest BCUT2D eigenvalue weighted by atomic mass is 10.2. The minimum Gasteiger partial charge on any atom is -0.508 e. The number of aromatic hydroxyl groups is 1. The Kier molecular flexibility index (Phi) is 4.03. The number of hydrogen-bond donors (Lipinski definition) is 2. The van der Waals surface area contributed by atoms with Gasteiger partial charge >= 0.3 is 0 Å². The van der Waals surface area contributed by atoms with E-state index in [0.717, 1.165) is 56.2 Å². The smallest absolute Gasteiger partial charge is 0.249 e. The molecule has 1 saturated heterocycles. The fourth-order valence-corrected chi connectivity index (χ4v) is 3.60. The first-order valence-electron chi connectivity index (χ1n) is 9.63. The fraction of sp³-hybridized carbons (Fsp3) is 0.350. The van der Waals surface area contributed by atoms with Gasteiger partial charge in [-0.3, -0.25) is 10.1 Å². The number of phenols is 1. The summed E-state index contributed by atoms with van der Waals surface area (Å²) in [6, 6.07) is 13.2. The second kappa shape index (κ2) is 6.70. The van der Waals surface area contributed by atoms with E-state index >= 15 is 0 Å². The largest absolute Gasteiger partial charge is 0.508 e. The summed E-state index contributed by atoms with van der Waals surface area (Å²) in [5.41, 5.74) is 1.84. The third kappa shape index (κ3) is 3.21. The lowest BCUT2D eigenvalue weighted by molar-refractivity contribution is -0.117. The first-order chi connectivity index (χ1) is 13.7. The van der Waals surface area contributed by atoms with E-state index < -0.39 is 0 Å². The Labute approximate surface area is 162 Å². The number of benzene rings is 1. The van der Waals surface area contributed by atoms with Crippen LogP contribution in [0.4, 0.5) is 17.5 Å². The lowest BCUT2D eigenvalue weighted by Gasteiger charge is -2.37. The molecular formula is C20H22N6O2. The van der Waals surface area contributed by atoms with Crippen LogP contribution in [0.3, 0.4) is 0 Å². The topological polar surface area (TPSA) is 86.0 Å². The zero-order chi connectivity index (χ0) is 19.1. The molecule has 2 N–H and O–H groups in total. The molecule has 1 aliphatic heterocycles. The normalized spacial score (nSPS) is 17.1. The van der Waals surface area contributed by atoms with E-state index in [1.54, 1.807) is 16.6 Å². The van der Waals surface area contributed by atoms with Crippen LogP contribution in [0.15, 0.2) is 42.5 Å². The molecule has 3 aromatic rings. The highest BCUT2D eigenvalue weighted by Gasteiger charge is 2.30. The number of nitrogens with one attached hydrogen (secondary N) is 1. The second-order valence-corrected chi connectivity index (χ2v) is 7.34. The Morgan fingerprint density at radius 1 is 1.00 bits per heavy atom. The SMILES string of the molecule is O=C(Nc1nc2cccc(N3CCN(c4ccc(O)cc4)CC3)n2n1)C1CC1. The number of pyridine rings is 1. The maximum absolute atomic E-state index is 12.0.